The second-order valence-electron chi connectivity index (χ2n) is 20.0. The number of aromatic amines is 1. The van der Waals surface area contributed by atoms with Gasteiger partial charge in [0.1, 0.15) is 11.2 Å². The Morgan fingerprint density at radius 2 is 1.69 bits per heavy atom. The number of likely N-dealkylation sites (N-methyl/N-ethyl adjacent to an activating group) is 1. The Balaban J connectivity index is 1.26. The maximum atomic E-state index is 15.6. The number of aliphatic hydroxyl groups is 2. The molecule has 3 aromatic rings. The van der Waals surface area contributed by atoms with Gasteiger partial charge in [-0.1, -0.05) is 26.0 Å². The summed E-state index contributed by atoms with van der Waals surface area (Å²) in [6, 6.07) is 9.29. The Bertz CT molecular complexity index is 2450. The van der Waals surface area contributed by atoms with Crippen LogP contribution in [0.4, 0.5) is 11.4 Å². The molecule has 2 bridgehead atoms. The number of carbonyl (C=O) groups excluding carboxylic acids is 3. The number of fused-ring (bicyclic) bond motifs is 6. The zero-order chi connectivity index (χ0) is 45.8. The van der Waals surface area contributed by atoms with Crippen molar-refractivity contribution in [1.29, 1.82) is 0 Å². The standard InChI is InChI=1S/C50H65N5O10/c1-8-46(59)26-31-27-49(44(57)62-6,40-33(13-17-53(28-31)29-46)34-23-32(11-12-37(34)51-40)54-19-21-64-22-20-54)36-24-35-38(25-39(36)61-5)52(4)42-48(35)15-18-55-16-10-14-47(9-2,41(48)55)43(65-30(3)56)50(42,60)45(58)63-7/h10-12,14,23-25,31,41-43,51,59-60H,8-9,13,15-22,26-29H2,1-7H3/t31-,41+,42?,43-,46+,47-,48-,49+,50+/m1/s1. The molecule has 2 unspecified atom stereocenters. The minimum Gasteiger partial charge on any atom is -0.496 e. The van der Waals surface area contributed by atoms with Gasteiger partial charge >= 0.3 is 17.9 Å². The number of rotatable bonds is 8. The van der Waals surface area contributed by atoms with Gasteiger partial charge in [-0.2, -0.15) is 0 Å². The molecule has 7 heterocycles. The van der Waals surface area contributed by atoms with Crippen LogP contribution < -0.4 is 14.5 Å². The molecule has 6 aliphatic heterocycles. The number of methoxy groups -OCH3 is 3. The molecule has 1 saturated carbocycles. The van der Waals surface area contributed by atoms with E-state index in [2.05, 4.69) is 56.1 Å². The Kier molecular flexibility index (Phi) is 10.7. The Morgan fingerprint density at radius 1 is 0.923 bits per heavy atom. The first kappa shape index (κ1) is 44.2. The van der Waals surface area contributed by atoms with Gasteiger partial charge in [-0.05, 0) is 86.4 Å². The average molecular weight is 896 g/mol. The summed E-state index contributed by atoms with van der Waals surface area (Å²) in [6.07, 6.45) is 5.86. The van der Waals surface area contributed by atoms with Gasteiger partial charge in [0.25, 0.3) is 0 Å². The maximum Gasteiger partial charge on any atom is 0.344 e. The summed E-state index contributed by atoms with van der Waals surface area (Å²) in [6.45, 7) is 11.4. The van der Waals surface area contributed by atoms with Crippen molar-refractivity contribution >= 4 is 40.2 Å². The number of morpholine rings is 1. The predicted molar refractivity (Wildman–Crippen MR) is 243 cm³/mol. The first-order valence-electron chi connectivity index (χ1n) is 23.6. The number of ether oxygens (including phenoxy) is 5. The molecule has 15 nitrogen and oxygen atoms in total. The zero-order valence-corrected chi connectivity index (χ0v) is 38.9. The molecule has 1 aliphatic carbocycles. The van der Waals surface area contributed by atoms with E-state index in [0.29, 0.717) is 95.8 Å². The topological polar surface area (TPSA) is 167 Å². The van der Waals surface area contributed by atoms with Gasteiger partial charge < -0.3 is 48.7 Å². The van der Waals surface area contributed by atoms with Crippen molar-refractivity contribution in [3.8, 4) is 5.75 Å². The lowest BCUT2D eigenvalue weighted by Crippen LogP contribution is -2.81. The maximum absolute atomic E-state index is 15.6. The van der Waals surface area contributed by atoms with Gasteiger partial charge in [-0.15, -0.1) is 0 Å². The van der Waals surface area contributed by atoms with Crippen molar-refractivity contribution in [3.05, 3.63) is 64.9 Å². The molecular weight excluding hydrogens is 831 g/mol. The Morgan fingerprint density at radius 3 is 2.38 bits per heavy atom. The third-order valence-corrected chi connectivity index (χ3v) is 17.1. The van der Waals surface area contributed by atoms with E-state index in [0.717, 1.165) is 52.2 Å². The van der Waals surface area contributed by atoms with Gasteiger partial charge in [-0.3, -0.25) is 19.4 Å². The van der Waals surface area contributed by atoms with E-state index >= 15 is 4.79 Å². The molecule has 1 spiro atoms. The molecule has 4 fully saturated rings. The van der Waals surface area contributed by atoms with Gasteiger partial charge in [-0.25, -0.2) is 4.79 Å². The minimum atomic E-state index is -2.32. The number of nitrogens with one attached hydrogen (secondary N) is 1. The van der Waals surface area contributed by atoms with E-state index in [1.165, 1.54) is 21.1 Å². The molecule has 10 atom stereocenters. The number of benzene rings is 2. The number of hydrogen-bond donors (Lipinski definition) is 3. The fourth-order valence-corrected chi connectivity index (χ4v) is 14.6. The van der Waals surface area contributed by atoms with Crippen LogP contribution in [0, 0.1) is 11.3 Å². The van der Waals surface area contributed by atoms with Crippen molar-refractivity contribution in [1.82, 2.24) is 14.8 Å². The van der Waals surface area contributed by atoms with Crippen molar-refractivity contribution in [2.45, 2.75) is 99.5 Å². The monoisotopic (exact) mass is 895 g/mol. The van der Waals surface area contributed by atoms with E-state index in [9.17, 15) is 19.8 Å². The van der Waals surface area contributed by atoms with Crippen LogP contribution in [0.5, 0.6) is 5.75 Å². The van der Waals surface area contributed by atoms with Crippen LogP contribution in [0.15, 0.2) is 42.5 Å². The van der Waals surface area contributed by atoms with Crippen LogP contribution in [-0.2, 0) is 50.6 Å². The second-order valence-corrected chi connectivity index (χ2v) is 20.0. The van der Waals surface area contributed by atoms with E-state index in [-0.39, 0.29) is 12.0 Å². The molecular formula is C50H65N5O10. The minimum absolute atomic E-state index is 0.123. The molecule has 7 aliphatic rings. The Labute approximate surface area is 380 Å². The van der Waals surface area contributed by atoms with Gasteiger partial charge in [0.2, 0.25) is 5.60 Å². The fraction of sp³-hybridized carbons (Fsp3) is 0.620. The first-order chi connectivity index (χ1) is 31.2. The summed E-state index contributed by atoms with van der Waals surface area (Å²) in [5, 5.41) is 26.6. The summed E-state index contributed by atoms with van der Waals surface area (Å²) in [5.74, 6) is -1.60. The molecule has 3 N–H and O–H groups in total. The van der Waals surface area contributed by atoms with E-state index < -0.39 is 57.5 Å². The summed E-state index contributed by atoms with van der Waals surface area (Å²) >= 11 is 0. The van der Waals surface area contributed by atoms with Crippen LogP contribution in [0.1, 0.15) is 75.3 Å². The summed E-state index contributed by atoms with van der Waals surface area (Å²) < 4.78 is 29.9. The third-order valence-electron chi connectivity index (χ3n) is 17.1. The number of nitrogens with zero attached hydrogens (tertiary/aromatic N) is 4. The van der Waals surface area contributed by atoms with Crippen molar-refractivity contribution in [3.63, 3.8) is 0 Å². The van der Waals surface area contributed by atoms with Crippen molar-refractivity contribution in [2.24, 2.45) is 11.3 Å². The van der Waals surface area contributed by atoms with Crippen LogP contribution in [0.2, 0.25) is 0 Å². The molecule has 0 amide bonds. The SMILES string of the molecule is CC[C@]1(O)C[C@H]2CN(CCc3c([nH]c4ccc(N5CCOCC5)cc34)[C@@](C(=O)OC)(c3cc4c(cc3OC)N(C)C3[C@]45CCN4CC=C[C@@](CC)([C@@H](OC(C)=O)[C@]3(O)C(=O)OC)[C@H]45)C2)C1. The van der Waals surface area contributed by atoms with Crippen LogP contribution in [-0.4, -0.2) is 160 Å². The number of anilines is 2. The zero-order valence-electron chi connectivity index (χ0n) is 38.9. The normalized spacial score (nSPS) is 36.1. The predicted octanol–water partition coefficient (Wildman–Crippen LogP) is 3.83. The second kappa shape index (κ2) is 15.7. The Hall–Kier alpha value is -4.67. The molecule has 10 rings (SSSR count). The lowest BCUT2D eigenvalue weighted by Gasteiger charge is -2.63. The van der Waals surface area contributed by atoms with Gasteiger partial charge in [0.05, 0.1) is 46.2 Å². The highest BCUT2D eigenvalue weighted by Crippen LogP contribution is 2.68. The van der Waals surface area contributed by atoms with E-state index in [4.69, 9.17) is 23.7 Å². The quantitative estimate of drug-likeness (QED) is 0.170. The molecule has 3 saturated heterocycles. The van der Waals surface area contributed by atoms with Crippen molar-refractivity contribution in [2.75, 3.05) is 97.2 Å². The van der Waals surface area contributed by atoms with E-state index in [1.807, 2.05) is 31.9 Å². The number of H-pyrrole nitrogens is 1. The van der Waals surface area contributed by atoms with Crippen LogP contribution in [0.3, 0.4) is 0 Å². The summed E-state index contributed by atoms with van der Waals surface area (Å²) in [4.78, 5) is 56.1. The smallest absolute Gasteiger partial charge is 0.344 e. The summed E-state index contributed by atoms with van der Waals surface area (Å²) in [7, 11) is 6.18. The van der Waals surface area contributed by atoms with Gasteiger partial charge in [0, 0.05) is 110 Å². The van der Waals surface area contributed by atoms with Crippen LogP contribution >= 0.6 is 0 Å². The first-order valence-corrected chi connectivity index (χ1v) is 23.6. The fourth-order valence-electron chi connectivity index (χ4n) is 14.6. The number of aromatic nitrogens is 1. The number of piperidine rings is 1. The molecule has 65 heavy (non-hydrogen) atoms. The lowest BCUT2D eigenvalue weighted by molar-refractivity contribution is -0.228. The highest BCUT2D eigenvalue weighted by atomic mass is 16.6. The van der Waals surface area contributed by atoms with E-state index in [1.54, 1.807) is 7.11 Å². The number of hydrogen-bond acceptors (Lipinski definition) is 14. The highest BCUT2D eigenvalue weighted by molar-refractivity contribution is 5.96. The summed E-state index contributed by atoms with van der Waals surface area (Å²) in [5.41, 5.74) is -0.690. The number of carbonyl (C=O) groups is 3. The number of esters is 3. The lowest BCUT2D eigenvalue weighted by atomic mass is 9.47. The molecule has 350 valence electrons. The van der Waals surface area contributed by atoms with Crippen molar-refractivity contribution < 1.29 is 48.3 Å². The molecule has 1 aromatic heterocycles. The molecule has 0 radical (unpaired) electrons. The molecule has 15 heteroatoms. The third kappa shape index (κ3) is 6.06. The highest BCUT2D eigenvalue weighted by Gasteiger charge is 2.80. The van der Waals surface area contributed by atoms with Gasteiger partial charge in [0.15, 0.2) is 6.10 Å². The molecule has 2 aromatic carbocycles. The van der Waals surface area contributed by atoms with Crippen LogP contribution in [0.25, 0.3) is 10.9 Å². The average Bonchev–Trinajstić information content (AvgIpc) is 3.97. The largest absolute Gasteiger partial charge is 0.496 e.